The summed E-state index contributed by atoms with van der Waals surface area (Å²) in [5, 5.41) is 6.61. The zero-order valence-corrected chi connectivity index (χ0v) is 10.1. The zero-order chi connectivity index (χ0) is 13.2. The smallest absolute Gasteiger partial charge is 0.337 e. The standard InChI is InChI=1S/C13H11N3O3/c17-12(15-18)11-10(9-5-2-1-3-6-9)13-16(14-11)7-4-8-19-13/h1-3,5-6H,4,7-8H2. The molecular formula is C13H11N3O3. The van der Waals surface area contributed by atoms with E-state index in [0.717, 1.165) is 12.0 Å². The minimum absolute atomic E-state index is 0.0538. The Labute approximate surface area is 109 Å². The lowest BCUT2D eigenvalue weighted by Gasteiger charge is -2.15. The molecule has 2 heterocycles. The molecule has 1 aromatic heterocycles. The van der Waals surface area contributed by atoms with E-state index in [-0.39, 0.29) is 5.69 Å². The molecule has 0 atom stereocenters. The number of aromatic nitrogens is 2. The van der Waals surface area contributed by atoms with E-state index in [1.807, 2.05) is 30.3 Å². The summed E-state index contributed by atoms with van der Waals surface area (Å²) in [7, 11) is 0. The molecule has 1 aromatic carbocycles. The van der Waals surface area contributed by atoms with Crippen molar-refractivity contribution in [3.8, 4) is 17.0 Å². The van der Waals surface area contributed by atoms with Crippen LogP contribution in [0.3, 0.4) is 0 Å². The van der Waals surface area contributed by atoms with Crippen molar-refractivity contribution in [1.82, 2.24) is 9.78 Å². The van der Waals surface area contributed by atoms with E-state index in [0.29, 0.717) is 24.6 Å². The van der Waals surface area contributed by atoms with E-state index >= 15 is 0 Å². The van der Waals surface area contributed by atoms with Crippen LogP contribution in [0.25, 0.3) is 11.1 Å². The van der Waals surface area contributed by atoms with Gasteiger partial charge in [-0.05, 0) is 5.56 Å². The summed E-state index contributed by atoms with van der Waals surface area (Å²) in [6.07, 6.45) is 0.824. The second kappa shape index (κ2) is 4.64. The third-order valence-corrected chi connectivity index (χ3v) is 3.01. The van der Waals surface area contributed by atoms with Gasteiger partial charge in [0.05, 0.1) is 12.2 Å². The fourth-order valence-corrected chi connectivity index (χ4v) is 2.19. The maximum atomic E-state index is 11.6. The topological polar surface area (TPSA) is 73.5 Å². The highest BCUT2D eigenvalue weighted by Gasteiger charge is 2.27. The van der Waals surface area contributed by atoms with Crippen LogP contribution in [0.4, 0.5) is 0 Å². The quantitative estimate of drug-likeness (QED) is 0.773. The van der Waals surface area contributed by atoms with Crippen molar-refractivity contribution < 1.29 is 9.53 Å². The Morgan fingerprint density at radius 3 is 2.84 bits per heavy atom. The number of amides is 1. The molecule has 0 saturated heterocycles. The first-order valence-electron chi connectivity index (χ1n) is 5.98. The Morgan fingerprint density at radius 2 is 2.11 bits per heavy atom. The molecule has 0 aliphatic carbocycles. The Balaban J connectivity index is 2.22. The molecule has 1 aliphatic rings. The van der Waals surface area contributed by atoms with Crippen molar-refractivity contribution in [2.24, 2.45) is 5.18 Å². The number of rotatable bonds is 2. The molecule has 19 heavy (non-hydrogen) atoms. The number of nitroso groups, excluding NO2 is 1. The van der Waals surface area contributed by atoms with Gasteiger partial charge in [0, 0.05) is 18.1 Å². The minimum atomic E-state index is -0.871. The van der Waals surface area contributed by atoms with Crippen molar-refractivity contribution >= 4 is 5.91 Å². The summed E-state index contributed by atoms with van der Waals surface area (Å²) in [4.78, 5) is 22.1. The molecule has 0 radical (unpaired) electrons. The SMILES string of the molecule is O=NC(=O)c1nn2c(c1-c1ccccc1)OCCC2. The Kier molecular flexibility index (Phi) is 2.83. The lowest BCUT2D eigenvalue weighted by atomic mass is 10.1. The molecule has 0 fully saturated rings. The van der Waals surface area contributed by atoms with Crippen LogP contribution in [0.5, 0.6) is 5.88 Å². The number of hydrogen-bond acceptors (Lipinski definition) is 4. The molecule has 1 aliphatic heterocycles. The van der Waals surface area contributed by atoms with Crippen molar-refractivity contribution in [2.75, 3.05) is 6.61 Å². The van der Waals surface area contributed by atoms with Gasteiger partial charge in [0.15, 0.2) is 5.69 Å². The van der Waals surface area contributed by atoms with Gasteiger partial charge in [-0.25, -0.2) is 4.68 Å². The monoisotopic (exact) mass is 257 g/mol. The second-order valence-corrected chi connectivity index (χ2v) is 4.22. The Morgan fingerprint density at radius 1 is 1.32 bits per heavy atom. The molecule has 6 nitrogen and oxygen atoms in total. The van der Waals surface area contributed by atoms with E-state index in [1.165, 1.54) is 0 Å². The molecule has 96 valence electrons. The Bertz CT molecular complexity index is 634. The van der Waals surface area contributed by atoms with E-state index in [1.54, 1.807) is 4.68 Å². The largest absolute Gasteiger partial charge is 0.477 e. The number of nitrogens with zero attached hydrogens (tertiary/aromatic N) is 3. The van der Waals surface area contributed by atoms with Crippen LogP contribution in [0.1, 0.15) is 16.9 Å². The molecule has 0 N–H and O–H groups in total. The van der Waals surface area contributed by atoms with E-state index < -0.39 is 5.91 Å². The first-order valence-corrected chi connectivity index (χ1v) is 5.98. The summed E-state index contributed by atoms with van der Waals surface area (Å²) in [5.74, 6) is -0.339. The number of carbonyl (C=O) groups is 1. The molecular weight excluding hydrogens is 246 g/mol. The summed E-state index contributed by atoms with van der Waals surface area (Å²) in [6, 6.07) is 9.27. The van der Waals surface area contributed by atoms with Crippen LogP contribution in [-0.4, -0.2) is 22.3 Å². The van der Waals surface area contributed by atoms with Gasteiger partial charge >= 0.3 is 5.91 Å². The molecule has 0 saturated carbocycles. The van der Waals surface area contributed by atoms with Crippen molar-refractivity contribution in [2.45, 2.75) is 13.0 Å². The number of carbonyl (C=O) groups excluding carboxylic acids is 1. The predicted octanol–water partition coefficient (Wildman–Crippen LogP) is 2.24. The molecule has 3 rings (SSSR count). The summed E-state index contributed by atoms with van der Waals surface area (Å²) in [6.45, 7) is 1.25. The lowest BCUT2D eigenvalue weighted by molar-refractivity contribution is 0.0995. The lowest BCUT2D eigenvalue weighted by Crippen LogP contribution is -2.15. The van der Waals surface area contributed by atoms with Gasteiger partial charge in [-0.1, -0.05) is 30.3 Å². The average Bonchev–Trinajstić information content (AvgIpc) is 2.86. The number of benzene rings is 1. The van der Waals surface area contributed by atoms with Crippen molar-refractivity contribution in [3.05, 3.63) is 40.9 Å². The highest BCUT2D eigenvalue weighted by molar-refractivity contribution is 6.00. The zero-order valence-electron chi connectivity index (χ0n) is 10.1. The first kappa shape index (κ1) is 11.6. The van der Waals surface area contributed by atoms with Gasteiger partial charge in [-0.2, -0.15) is 5.10 Å². The van der Waals surface area contributed by atoms with Crippen LogP contribution >= 0.6 is 0 Å². The summed E-state index contributed by atoms with van der Waals surface area (Å²) < 4.78 is 7.20. The van der Waals surface area contributed by atoms with Crippen LogP contribution in [0, 0.1) is 4.91 Å². The Hall–Kier alpha value is -2.50. The van der Waals surface area contributed by atoms with E-state index in [2.05, 4.69) is 10.3 Å². The van der Waals surface area contributed by atoms with Gasteiger partial charge < -0.3 is 4.74 Å². The van der Waals surface area contributed by atoms with Gasteiger partial charge in [0.2, 0.25) is 5.88 Å². The highest BCUT2D eigenvalue weighted by atomic mass is 16.5. The number of ether oxygens (including phenoxy) is 1. The number of hydrogen-bond donors (Lipinski definition) is 0. The normalized spacial score (nSPS) is 13.5. The molecule has 6 heteroatoms. The van der Waals surface area contributed by atoms with Gasteiger partial charge in [-0.3, -0.25) is 4.79 Å². The summed E-state index contributed by atoms with van der Waals surface area (Å²) >= 11 is 0. The van der Waals surface area contributed by atoms with Gasteiger partial charge in [0.1, 0.15) is 0 Å². The minimum Gasteiger partial charge on any atom is -0.477 e. The maximum absolute atomic E-state index is 11.6. The van der Waals surface area contributed by atoms with E-state index in [4.69, 9.17) is 4.74 Å². The average molecular weight is 257 g/mol. The second-order valence-electron chi connectivity index (χ2n) is 4.22. The first-order chi connectivity index (χ1) is 9.31. The fraction of sp³-hybridized carbons (Fsp3) is 0.231. The van der Waals surface area contributed by atoms with Gasteiger partial charge in [-0.15, -0.1) is 4.91 Å². The molecule has 0 spiro atoms. The molecule has 0 unspecified atom stereocenters. The van der Waals surface area contributed by atoms with Crippen LogP contribution in [-0.2, 0) is 6.54 Å². The van der Waals surface area contributed by atoms with Crippen LogP contribution < -0.4 is 4.74 Å². The predicted molar refractivity (Wildman–Crippen MR) is 67.9 cm³/mol. The van der Waals surface area contributed by atoms with E-state index in [9.17, 15) is 9.70 Å². The summed E-state index contributed by atoms with van der Waals surface area (Å²) in [5.41, 5.74) is 1.39. The number of aryl methyl sites for hydroxylation is 1. The molecule has 0 bridgehead atoms. The van der Waals surface area contributed by atoms with Gasteiger partial charge in [0.25, 0.3) is 0 Å². The third kappa shape index (κ3) is 1.91. The van der Waals surface area contributed by atoms with Crippen LogP contribution in [0.2, 0.25) is 0 Å². The fourth-order valence-electron chi connectivity index (χ4n) is 2.19. The molecule has 2 aromatic rings. The highest BCUT2D eigenvalue weighted by Crippen LogP contribution is 2.35. The third-order valence-electron chi connectivity index (χ3n) is 3.01. The van der Waals surface area contributed by atoms with Crippen molar-refractivity contribution in [1.29, 1.82) is 0 Å². The maximum Gasteiger partial charge on any atom is 0.337 e. The van der Waals surface area contributed by atoms with Crippen molar-refractivity contribution in [3.63, 3.8) is 0 Å². The molecule has 1 amide bonds. The van der Waals surface area contributed by atoms with Crippen LogP contribution in [0.15, 0.2) is 35.5 Å². The number of fused-ring (bicyclic) bond motifs is 1.